The van der Waals surface area contributed by atoms with Gasteiger partial charge in [0.05, 0.1) is 22.9 Å². The molecule has 1 amide bonds. The number of rotatable bonds is 5. The molecular formula is C26H34N6O3. The lowest BCUT2D eigenvalue weighted by Gasteiger charge is -2.36. The highest BCUT2D eigenvalue weighted by Crippen LogP contribution is 2.18. The summed E-state index contributed by atoms with van der Waals surface area (Å²) in [6.07, 6.45) is 8.21. The van der Waals surface area contributed by atoms with Crippen LogP contribution in [0.3, 0.4) is 0 Å². The molecule has 35 heavy (non-hydrogen) atoms. The second-order valence-electron chi connectivity index (χ2n) is 8.96. The number of aromatic nitrogens is 3. The van der Waals surface area contributed by atoms with Crippen LogP contribution >= 0.6 is 0 Å². The lowest BCUT2D eigenvalue weighted by Crippen LogP contribution is -2.46. The molecule has 3 aromatic rings. The molecule has 9 heteroatoms. The summed E-state index contributed by atoms with van der Waals surface area (Å²) in [4.78, 5) is 39.4. The van der Waals surface area contributed by atoms with E-state index in [0.29, 0.717) is 6.42 Å². The maximum Gasteiger partial charge on any atom is 0.267 e. The third-order valence-corrected chi connectivity index (χ3v) is 6.43. The molecule has 0 spiro atoms. The van der Waals surface area contributed by atoms with Crippen molar-refractivity contribution in [3.8, 4) is 0 Å². The number of hydrogen-bond donors (Lipinski definition) is 2. The summed E-state index contributed by atoms with van der Waals surface area (Å²) < 4.78 is 5.07. The molecule has 0 radical (unpaired) electrons. The Labute approximate surface area is 205 Å². The van der Waals surface area contributed by atoms with E-state index in [0.717, 1.165) is 73.8 Å². The number of hydrogen-bond acceptors (Lipinski definition) is 7. The molecular weight excluding hydrogens is 444 g/mol. The van der Waals surface area contributed by atoms with Crippen molar-refractivity contribution in [2.75, 3.05) is 44.3 Å². The minimum atomic E-state index is -0.516. The summed E-state index contributed by atoms with van der Waals surface area (Å²) in [6.45, 7) is 8.30. The Morgan fingerprint density at radius 1 is 1.06 bits per heavy atom. The highest BCUT2D eigenvalue weighted by Gasteiger charge is 2.18. The Bertz CT molecular complexity index is 1170. The van der Waals surface area contributed by atoms with E-state index >= 15 is 0 Å². The number of amides is 1. The average Bonchev–Trinajstić information content (AvgIpc) is 2.90. The van der Waals surface area contributed by atoms with Crippen LogP contribution in [0.5, 0.6) is 0 Å². The number of primary amides is 1. The van der Waals surface area contributed by atoms with Crippen molar-refractivity contribution in [2.24, 2.45) is 5.73 Å². The molecule has 2 aliphatic heterocycles. The fraction of sp³-hybridized carbons (Fsp3) is 0.462. The number of H-pyrrole nitrogens is 1. The Morgan fingerprint density at radius 3 is 2.40 bits per heavy atom. The van der Waals surface area contributed by atoms with Crippen molar-refractivity contribution in [2.45, 2.75) is 39.2 Å². The number of piperazine rings is 1. The lowest BCUT2D eigenvalue weighted by molar-refractivity contribution is 0.0968. The normalized spacial score (nSPS) is 16.5. The van der Waals surface area contributed by atoms with Crippen molar-refractivity contribution in [3.63, 3.8) is 0 Å². The van der Waals surface area contributed by atoms with Crippen LogP contribution in [0.15, 0.2) is 41.5 Å². The van der Waals surface area contributed by atoms with Gasteiger partial charge < -0.3 is 20.4 Å². The first-order valence-electron chi connectivity index (χ1n) is 12.3. The molecule has 3 aromatic heterocycles. The van der Waals surface area contributed by atoms with Gasteiger partial charge in [0.1, 0.15) is 5.69 Å². The van der Waals surface area contributed by atoms with Gasteiger partial charge in [0.15, 0.2) is 0 Å². The minimum absolute atomic E-state index is 0.0384. The molecule has 0 unspecified atom stereocenters. The van der Waals surface area contributed by atoms with E-state index in [1.54, 1.807) is 12.3 Å². The maximum atomic E-state index is 12.1. The first-order valence-corrected chi connectivity index (χ1v) is 12.3. The van der Waals surface area contributed by atoms with Crippen LogP contribution in [0.25, 0.3) is 11.0 Å². The third-order valence-electron chi connectivity index (χ3n) is 6.43. The Morgan fingerprint density at radius 2 is 1.83 bits per heavy atom. The first-order chi connectivity index (χ1) is 17.0. The van der Waals surface area contributed by atoms with Gasteiger partial charge in [-0.2, -0.15) is 0 Å². The van der Waals surface area contributed by atoms with E-state index in [9.17, 15) is 9.59 Å². The van der Waals surface area contributed by atoms with Gasteiger partial charge in [-0.25, -0.2) is 4.98 Å². The van der Waals surface area contributed by atoms with Crippen LogP contribution in [0.1, 0.15) is 47.8 Å². The summed E-state index contributed by atoms with van der Waals surface area (Å²) in [5.74, 6) is -0.516. The van der Waals surface area contributed by atoms with Crippen LogP contribution < -0.4 is 16.2 Å². The van der Waals surface area contributed by atoms with E-state index in [1.807, 2.05) is 31.3 Å². The van der Waals surface area contributed by atoms with E-state index in [2.05, 4.69) is 24.8 Å². The van der Waals surface area contributed by atoms with E-state index in [-0.39, 0.29) is 11.3 Å². The van der Waals surface area contributed by atoms with E-state index in [1.165, 1.54) is 19.3 Å². The maximum absolute atomic E-state index is 12.1. The number of carbonyl (C=O) groups is 1. The molecule has 0 aliphatic carbocycles. The van der Waals surface area contributed by atoms with Crippen LogP contribution in [-0.2, 0) is 17.7 Å². The van der Waals surface area contributed by atoms with E-state index < -0.39 is 5.91 Å². The van der Waals surface area contributed by atoms with Crippen LogP contribution in [0, 0.1) is 0 Å². The smallest absolute Gasteiger partial charge is 0.267 e. The van der Waals surface area contributed by atoms with Crippen LogP contribution in [-0.4, -0.2) is 65.2 Å². The van der Waals surface area contributed by atoms with Gasteiger partial charge in [-0.1, -0.05) is 6.92 Å². The van der Waals surface area contributed by atoms with Crippen molar-refractivity contribution in [1.29, 1.82) is 0 Å². The summed E-state index contributed by atoms with van der Waals surface area (Å²) in [5, 5.41) is 0. The standard InChI is InChI=1S/C21H24N6O2.C5H10O/c1-2-15-10-18-19(25-21(15)29)9-14(11-23-18)13-26-5-7-27(8-6-26)16-3-4-17(20(22)28)24-12-16;1-2-4-6-5-3-1/h3-4,9-12H,2,5-8,13H2,1H3,(H2,22,28)(H,25,29);1-5H2. The topological polar surface area (TPSA) is 117 Å². The summed E-state index contributed by atoms with van der Waals surface area (Å²) in [7, 11) is 0. The molecule has 0 bridgehead atoms. The number of nitrogens with zero attached hydrogens (tertiary/aromatic N) is 4. The summed E-state index contributed by atoms with van der Waals surface area (Å²) in [5.41, 5.74) is 9.92. The van der Waals surface area contributed by atoms with Gasteiger partial charge in [0.25, 0.3) is 11.5 Å². The third kappa shape index (κ3) is 6.64. The molecule has 2 saturated heterocycles. The van der Waals surface area contributed by atoms with Crippen LogP contribution in [0.4, 0.5) is 5.69 Å². The van der Waals surface area contributed by atoms with Crippen molar-refractivity contribution in [1.82, 2.24) is 19.9 Å². The monoisotopic (exact) mass is 478 g/mol. The zero-order chi connectivity index (χ0) is 24.6. The van der Waals surface area contributed by atoms with Crippen LogP contribution in [0.2, 0.25) is 0 Å². The number of nitrogens with two attached hydrogens (primary N) is 1. The van der Waals surface area contributed by atoms with Crippen molar-refractivity contribution in [3.05, 3.63) is 63.8 Å². The molecule has 2 aliphatic rings. The Balaban J connectivity index is 0.000000421. The number of pyridine rings is 3. The second-order valence-corrected chi connectivity index (χ2v) is 8.96. The molecule has 0 aromatic carbocycles. The van der Waals surface area contributed by atoms with Gasteiger partial charge in [-0.05, 0) is 55.5 Å². The largest absolute Gasteiger partial charge is 0.381 e. The number of fused-ring (bicyclic) bond motifs is 1. The zero-order valence-electron chi connectivity index (χ0n) is 20.3. The number of nitrogens with one attached hydrogen (secondary N) is 1. The molecule has 5 heterocycles. The highest BCUT2D eigenvalue weighted by molar-refractivity contribution is 5.90. The summed E-state index contributed by atoms with van der Waals surface area (Å²) in [6, 6.07) is 7.43. The van der Waals surface area contributed by atoms with E-state index in [4.69, 9.17) is 10.5 Å². The fourth-order valence-corrected chi connectivity index (χ4v) is 4.34. The molecule has 3 N–H and O–H groups in total. The number of aromatic amines is 1. The van der Waals surface area contributed by atoms with Gasteiger partial charge in [-0.3, -0.25) is 19.5 Å². The molecule has 2 fully saturated rings. The average molecular weight is 479 g/mol. The quantitative estimate of drug-likeness (QED) is 0.578. The molecule has 9 nitrogen and oxygen atoms in total. The number of anilines is 1. The molecule has 0 atom stereocenters. The fourth-order valence-electron chi connectivity index (χ4n) is 4.34. The van der Waals surface area contributed by atoms with Gasteiger partial charge in [0, 0.05) is 57.7 Å². The second kappa shape index (κ2) is 11.9. The number of carbonyl (C=O) groups excluding carboxylic acids is 1. The number of ether oxygens (including phenoxy) is 1. The van der Waals surface area contributed by atoms with Gasteiger partial charge in [0.2, 0.25) is 0 Å². The summed E-state index contributed by atoms with van der Waals surface area (Å²) >= 11 is 0. The van der Waals surface area contributed by atoms with Gasteiger partial charge in [-0.15, -0.1) is 0 Å². The Kier molecular flexibility index (Phi) is 8.44. The molecule has 186 valence electrons. The molecule has 5 rings (SSSR count). The highest BCUT2D eigenvalue weighted by atomic mass is 16.5. The SMILES string of the molecule is C1CCOCC1.CCc1cc2ncc(CN3CCN(c4ccc(C(N)=O)nc4)CC3)cc2[nH]c1=O. The predicted octanol–water partition coefficient (Wildman–Crippen LogP) is 2.49. The zero-order valence-corrected chi connectivity index (χ0v) is 20.3. The van der Waals surface area contributed by atoms with Crippen molar-refractivity contribution >= 4 is 22.6 Å². The minimum Gasteiger partial charge on any atom is -0.381 e. The van der Waals surface area contributed by atoms with Crippen molar-refractivity contribution < 1.29 is 9.53 Å². The molecule has 0 saturated carbocycles. The first kappa shape index (κ1) is 24.8. The predicted molar refractivity (Wildman–Crippen MR) is 137 cm³/mol. The number of aryl methyl sites for hydroxylation is 1. The lowest BCUT2D eigenvalue weighted by atomic mass is 10.1. The Hall–Kier alpha value is -3.30. The van der Waals surface area contributed by atoms with Gasteiger partial charge >= 0.3 is 0 Å².